The van der Waals surface area contributed by atoms with Gasteiger partial charge in [-0.15, -0.1) is 11.3 Å². The van der Waals surface area contributed by atoms with Crippen molar-refractivity contribution in [2.24, 2.45) is 0 Å². The monoisotopic (exact) mass is 321 g/mol. The van der Waals surface area contributed by atoms with Crippen LogP contribution < -0.4 is 5.73 Å². The predicted octanol–water partition coefficient (Wildman–Crippen LogP) is 3.81. The van der Waals surface area contributed by atoms with Crippen LogP contribution in [0.25, 0.3) is 21.8 Å². The topological polar surface area (TPSA) is 64.9 Å². The molecule has 0 atom stereocenters. The van der Waals surface area contributed by atoms with Crippen LogP contribution in [0, 0.1) is 0 Å². The molecule has 0 spiro atoms. The van der Waals surface area contributed by atoms with Gasteiger partial charge in [0, 0.05) is 18.0 Å². The Morgan fingerprint density at radius 2 is 2.17 bits per heavy atom. The lowest BCUT2D eigenvalue weighted by molar-refractivity contribution is 0.437. The van der Waals surface area contributed by atoms with Gasteiger partial charge in [0.25, 0.3) is 0 Å². The van der Waals surface area contributed by atoms with E-state index < -0.39 is 0 Å². The minimum atomic E-state index is 0.377. The fraction of sp³-hybridized carbons (Fsp3) is 0. The highest BCUT2D eigenvalue weighted by Crippen LogP contribution is 2.40. The van der Waals surface area contributed by atoms with Crippen LogP contribution in [0.5, 0.6) is 0 Å². The second-order valence-corrected chi connectivity index (χ2v) is 6.08. The Morgan fingerprint density at radius 1 is 1.28 bits per heavy atom. The number of rotatable bonds is 2. The summed E-state index contributed by atoms with van der Waals surface area (Å²) < 4.78 is 6.37. The summed E-state index contributed by atoms with van der Waals surface area (Å²) in [6, 6.07) is 7.72. The molecule has 2 N–H and O–H groups in total. The number of nitrogens with two attached hydrogens (primary N) is 1. The Labute approximate surface area is 116 Å². The van der Waals surface area contributed by atoms with Gasteiger partial charge in [0.05, 0.1) is 14.2 Å². The summed E-state index contributed by atoms with van der Waals surface area (Å²) in [6.45, 7) is 0. The summed E-state index contributed by atoms with van der Waals surface area (Å²) in [4.78, 5) is 5.07. The van der Waals surface area contributed by atoms with Crippen LogP contribution in [0.4, 0.5) is 5.82 Å². The average Bonchev–Trinajstić information content (AvgIpc) is 2.96. The summed E-state index contributed by atoms with van der Waals surface area (Å²) in [5.74, 6) is 1.05. The first-order chi connectivity index (χ1) is 8.75. The Kier molecular flexibility index (Phi) is 2.89. The molecule has 3 aromatic rings. The molecular weight excluding hydrogens is 314 g/mol. The van der Waals surface area contributed by atoms with Gasteiger partial charge in [-0.2, -0.15) is 0 Å². The third-order valence-electron chi connectivity index (χ3n) is 2.47. The lowest BCUT2D eigenvalue weighted by Crippen LogP contribution is -1.88. The zero-order chi connectivity index (χ0) is 12.5. The quantitative estimate of drug-likeness (QED) is 0.779. The zero-order valence-corrected chi connectivity index (χ0v) is 11.5. The maximum Gasteiger partial charge on any atom is 0.186 e. The van der Waals surface area contributed by atoms with Gasteiger partial charge in [0.15, 0.2) is 11.6 Å². The molecule has 3 aromatic heterocycles. The molecule has 90 valence electrons. The number of hydrogen-bond acceptors (Lipinski definition) is 5. The first kappa shape index (κ1) is 11.4. The van der Waals surface area contributed by atoms with E-state index >= 15 is 0 Å². The Bertz CT molecular complexity index is 678. The highest BCUT2D eigenvalue weighted by molar-refractivity contribution is 9.11. The van der Waals surface area contributed by atoms with E-state index in [0.29, 0.717) is 11.6 Å². The zero-order valence-electron chi connectivity index (χ0n) is 9.13. The third kappa shape index (κ3) is 1.93. The van der Waals surface area contributed by atoms with Crippen LogP contribution >= 0.6 is 27.3 Å². The van der Waals surface area contributed by atoms with Crippen molar-refractivity contribution in [2.45, 2.75) is 0 Å². The lowest BCUT2D eigenvalue weighted by Gasteiger charge is -1.99. The molecule has 0 bridgehead atoms. The molecule has 3 rings (SSSR count). The van der Waals surface area contributed by atoms with Gasteiger partial charge < -0.3 is 10.3 Å². The predicted molar refractivity (Wildman–Crippen MR) is 75.2 cm³/mol. The van der Waals surface area contributed by atoms with Gasteiger partial charge in [0.2, 0.25) is 0 Å². The number of aromatic nitrogens is 2. The van der Waals surface area contributed by atoms with Crippen LogP contribution in [0.15, 0.2) is 45.0 Å². The number of halogens is 1. The van der Waals surface area contributed by atoms with Crippen LogP contribution in [0.2, 0.25) is 0 Å². The van der Waals surface area contributed by atoms with Gasteiger partial charge in [0.1, 0.15) is 0 Å². The van der Waals surface area contributed by atoms with Crippen molar-refractivity contribution in [3.05, 3.63) is 40.4 Å². The molecule has 6 heteroatoms. The summed E-state index contributed by atoms with van der Waals surface area (Å²) >= 11 is 5.00. The van der Waals surface area contributed by atoms with Crippen LogP contribution in [-0.2, 0) is 0 Å². The maximum absolute atomic E-state index is 5.88. The van der Waals surface area contributed by atoms with Gasteiger partial charge in [-0.1, -0.05) is 11.2 Å². The molecule has 0 aromatic carbocycles. The number of anilines is 1. The molecule has 0 saturated carbocycles. The Hall–Kier alpha value is -1.66. The van der Waals surface area contributed by atoms with E-state index in [1.54, 1.807) is 23.7 Å². The average molecular weight is 322 g/mol. The van der Waals surface area contributed by atoms with E-state index in [-0.39, 0.29) is 0 Å². The number of nitrogens with zero attached hydrogens (tertiary/aromatic N) is 2. The van der Waals surface area contributed by atoms with E-state index in [4.69, 9.17) is 10.3 Å². The van der Waals surface area contributed by atoms with Gasteiger partial charge in [-0.3, -0.25) is 4.98 Å². The van der Waals surface area contributed by atoms with Crippen LogP contribution in [-0.4, -0.2) is 10.1 Å². The molecule has 0 aliphatic heterocycles. The molecule has 0 aliphatic rings. The summed E-state index contributed by atoms with van der Waals surface area (Å²) in [7, 11) is 0. The molecule has 0 radical (unpaired) electrons. The van der Waals surface area contributed by atoms with Crippen LogP contribution in [0.1, 0.15) is 0 Å². The summed E-state index contributed by atoms with van der Waals surface area (Å²) in [5, 5.41) is 3.84. The highest BCUT2D eigenvalue weighted by atomic mass is 79.9. The second kappa shape index (κ2) is 4.55. The first-order valence-corrected chi connectivity index (χ1v) is 6.78. The maximum atomic E-state index is 5.88. The normalized spacial score (nSPS) is 10.7. The molecule has 0 fully saturated rings. The number of pyridine rings is 1. The van der Waals surface area contributed by atoms with Gasteiger partial charge in [-0.05, 0) is 34.1 Å². The highest BCUT2D eigenvalue weighted by Gasteiger charge is 2.18. The van der Waals surface area contributed by atoms with Crippen molar-refractivity contribution >= 4 is 33.1 Å². The minimum Gasteiger partial charge on any atom is -0.380 e. The summed E-state index contributed by atoms with van der Waals surface area (Å²) in [6.07, 6.45) is 3.46. The number of hydrogen-bond donors (Lipinski definition) is 1. The third-order valence-corrected chi connectivity index (χ3v) is 4.09. The van der Waals surface area contributed by atoms with E-state index in [1.165, 1.54) is 0 Å². The molecule has 0 aliphatic carbocycles. The standard InChI is InChI=1S/C12H8BrN3OS/c13-9-4-3-8(18-9)11-10(12(14)16-17-11)7-2-1-5-15-6-7/h1-6H,(H2,14,16). The SMILES string of the molecule is Nc1noc(-c2ccc(Br)s2)c1-c1cccnc1. The van der Waals surface area contributed by atoms with Crippen molar-refractivity contribution < 1.29 is 4.52 Å². The Morgan fingerprint density at radius 3 is 2.83 bits per heavy atom. The number of nitrogen functional groups attached to an aromatic ring is 1. The largest absolute Gasteiger partial charge is 0.380 e. The fourth-order valence-electron chi connectivity index (χ4n) is 1.70. The smallest absolute Gasteiger partial charge is 0.186 e. The van der Waals surface area contributed by atoms with Gasteiger partial charge in [-0.25, -0.2) is 0 Å². The molecule has 0 unspecified atom stereocenters. The lowest BCUT2D eigenvalue weighted by atomic mass is 10.1. The molecule has 18 heavy (non-hydrogen) atoms. The molecule has 4 nitrogen and oxygen atoms in total. The van der Waals surface area contributed by atoms with E-state index in [2.05, 4.69) is 26.1 Å². The fourth-order valence-corrected chi connectivity index (χ4v) is 3.07. The van der Waals surface area contributed by atoms with Crippen LogP contribution in [0.3, 0.4) is 0 Å². The molecular formula is C12H8BrN3OS. The van der Waals surface area contributed by atoms with E-state index in [1.807, 2.05) is 24.3 Å². The molecule has 0 saturated heterocycles. The second-order valence-electron chi connectivity index (χ2n) is 3.62. The van der Waals surface area contributed by atoms with Crippen molar-refractivity contribution in [3.8, 4) is 21.8 Å². The van der Waals surface area contributed by atoms with Crippen molar-refractivity contribution in [2.75, 3.05) is 5.73 Å². The number of thiophene rings is 1. The molecule has 3 heterocycles. The van der Waals surface area contributed by atoms with Crippen molar-refractivity contribution in [1.29, 1.82) is 0 Å². The van der Waals surface area contributed by atoms with E-state index in [9.17, 15) is 0 Å². The minimum absolute atomic E-state index is 0.377. The molecule has 0 amide bonds. The van der Waals surface area contributed by atoms with Crippen molar-refractivity contribution in [3.63, 3.8) is 0 Å². The van der Waals surface area contributed by atoms with Crippen molar-refractivity contribution in [1.82, 2.24) is 10.1 Å². The summed E-state index contributed by atoms with van der Waals surface area (Å²) in [5.41, 5.74) is 7.57. The van der Waals surface area contributed by atoms with Gasteiger partial charge >= 0.3 is 0 Å². The first-order valence-electron chi connectivity index (χ1n) is 5.17. The van der Waals surface area contributed by atoms with E-state index in [0.717, 1.165) is 19.8 Å². The Balaban J connectivity index is 2.18.